The molecular weight excluding hydrogens is 384 g/mol. The minimum atomic E-state index is -0.707. The number of Topliss-reactive ketones (excluding diaryl/α,β-unsaturated/α-hetero) is 1. The first-order valence-electron chi connectivity index (χ1n) is 10.2. The molecule has 0 bridgehead atoms. The summed E-state index contributed by atoms with van der Waals surface area (Å²) in [6.45, 7) is 10.2. The van der Waals surface area contributed by atoms with E-state index in [-0.39, 0.29) is 18.5 Å². The van der Waals surface area contributed by atoms with Crippen molar-refractivity contribution in [1.82, 2.24) is 0 Å². The normalized spacial score (nSPS) is 20.9. The molecule has 2 unspecified atom stereocenters. The van der Waals surface area contributed by atoms with Crippen LogP contribution in [0, 0.1) is 12.8 Å². The maximum absolute atomic E-state index is 12.9. The molecule has 2 aliphatic heterocycles. The first-order chi connectivity index (χ1) is 14.3. The number of carbonyl (C=O) groups excluding carboxylic acids is 1. The Labute approximate surface area is 177 Å². The van der Waals surface area contributed by atoms with Crippen molar-refractivity contribution >= 4 is 5.78 Å². The zero-order valence-electron chi connectivity index (χ0n) is 18.3. The number of hydrogen-bond donors (Lipinski definition) is 0. The van der Waals surface area contributed by atoms with Crippen LogP contribution in [0.1, 0.15) is 50.3 Å². The number of hydrogen-bond acceptors (Lipinski definition) is 6. The molecule has 6 heteroatoms. The Morgan fingerprint density at radius 2 is 1.77 bits per heavy atom. The van der Waals surface area contributed by atoms with Gasteiger partial charge in [0.2, 0.25) is 6.79 Å². The maximum atomic E-state index is 12.9. The molecule has 0 saturated heterocycles. The van der Waals surface area contributed by atoms with Gasteiger partial charge in [0.05, 0.1) is 19.6 Å². The summed E-state index contributed by atoms with van der Waals surface area (Å²) in [5.74, 6) is 2.91. The molecule has 0 N–H and O–H groups in total. The summed E-state index contributed by atoms with van der Waals surface area (Å²) in [7, 11) is 1.64. The summed E-state index contributed by atoms with van der Waals surface area (Å²) in [4.78, 5) is 12.9. The van der Waals surface area contributed by atoms with Crippen molar-refractivity contribution in [2.24, 2.45) is 5.92 Å². The van der Waals surface area contributed by atoms with Crippen molar-refractivity contribution < 1.29 is 28.5 Å². The van der Waals surface area contributed by atoms with Gasteiger partial charge in [-0.3, -0.25) is 4.79 Å². The van der Waals surface area contributed by atoms with Crippen molar-refractivity contribution in [2.75, 3.05) is 20.5 Å². The third-order valence-corrected chi connectivity index (χ3v) is 5.95. The molecule has 6 nitrogen and oxygen atoms in total. The van der Waals surface area contributed by atoms with Crippen molar-refractivity contribution in [3.05, 3.63) is 41.0 Å². The van der Waals surface area contributed by atoms with E-state index in [0.717, 1.165) is 28.2 Å². The van der Waals surface area contributed by atoms with Gasteiger partial charge in [0.25, 0.3) is 0 Å². The van der Waals surface area contributed by atoms with Crippen LogP contribution < -0.4 is 23.7 Å². The lowest BCUT2D eigenvalue weighted by atomic mass is 9.69. The Morgan fingerprint density at radius 1 is 1.10 bits per heavy atom. The van der Waals surface area contributed by atoms with Crippen molar-refractivity contribution in [3.8, 4) is 28.7 Å². The van der Waals surface area contributed by atoms with E-state index in [1.54, 1.807) is 14.0 Å². The second kappa shape index (κ2) is 7.42. The molecule has 0 saturated carbocycles. The van der Waals surface area contributed by atoms with Crippen LogP contribution in [0.4, 0.5) is 0 Å². The van der Waals surface area contributed by atoms with Crippen molar-refractivity contribution in [1.29, 1.82) is 0 Å². The van der Waals surface area contributed by atoms with Crippen molar-refractivity contribution in [3.63, 3.8) is 0 Å². The van der Waals surface area contributed by atoms with E-state index >= 15 is 0 Å². The third-order valence-electron chi connectivity index (χ3n) is 5.95. The van der Waals surface area contributed by atoms with E-state index in [2.05, 4.69) is 0 Å². The number of carbonyl (C=O) groups is 1. The summed E-state index contributed by atoms with van der Waals surface area (Å²) in [5, 5.41) is 0. The molecule has 0 spiro atoms. The molecule has 2 aromatic carbocycles. The SMILES string of the molecule is CCOc1cc(C2c3cc4c(cc3OC(C)(C)C2C(C)=O)OCO4)cc(OC)c1C. The zero-order chi connectivity index (χ0) is 21.6. The Balaban J connectivity index is 1.96. The van der Waals surface area contributed by atoms with E-state index in [1.165, 1.54) is 0 Å². The van der Waals surface area contributed by atoms with Gasteiger partial charge >= 0.3 is 0 Å². The quantitative estimate of drug-likeness (QED) is 0.713. The highest BCUT2D eigenvalue weighted by molar-refractivity contribution is 5.82. The second-order valence-corrected chi connectivity index (χ2v) is 8.29. The third kappa shape index (κ3) is 3.24. The first kappa shape index (κ1) is 20.4. The Morgan fingerprint density at radius 3 is 2.40 bits per heavy atom. The van der Waals surface area contributed by atoms with Gasteiger partial charge in [0.15, 0.2) is 11.5 Å². The summed E-state index contributed by atoms with van der Waals surface area (Å²) in [6.07, 6.45) is 0. The van der Waals surface area contributed by atoms with Crippen LogP contribution in [0.5, 0.6) is 28.7 Å². The summed E-state index contributed by atoms with van der Waals surface area (Å²) in [5.41, 5.74) is 2.06. The van der Waals surface area contributed by atoms with E-state index < -0.39 is 11.5 Å². The van der Waals surface area contributed by atoms with Gasteiger partial charge < -0.3 is 23.7 Å². The van der Waals surface area contributed by atoms with Gasteiger partial charge in [0, 0.05) is 23.1 Å². The van der Waals surface area contributed by atoms with Gasteiger partial charge in [-0.2, -0.15) is 0 Å². The summed E-state index contributed by atoms with van der Waals surface area (Å²) >= 11 is 0. The second-order valence-electron chi connectivity index (χ2n) is 8.29. The average Bonchev–Trinajstić information content (AvgIpc) is 3.13. The highest BCUT2D eigenvalue weighted by Gasteiger charge is 2.48. The van der Waals surface area contributed by atoms with Crippen LogP contribution >= 0.6 is 0 Å². The molecule has 30 heavy (non-hydrogen) atoms. The Hall–Kier alpha value is -2.89. The number of fused-ring (bicyclic) bond motifs is 2. The average molecular weight is 412 g/mol. The predicted octanol–water partition coefficient (Wildman–Crippen LogP) is 4.64. The fourth-order valence-electron chi connectivity index (χ4n) is 4.67. The minimum Gasteiger partial charge on any atom is -0.496 e. The highest BCUT2D eigenvalue weighted by atomic mass is 16.7. The molecule has 0 aliphatic carbocycles. The van der Waals surface area contributed by atoms with Gasteiger partial charge in [-0.15, -0.1) is 0 Å². The first-order valence-corrected chi connectivity index (χ1v) is 10.2. The van der Waals surface area contributed by atoms with Crippen LogP contribution in [-0.4, -0.2) is 31.9 Å². The van der Waals surface area contributed by atoms with Crippen LogP contribution in [0.2, 0.25) is 0 Å². The monoisotopic (exact) mass is 412 g/mol. The molecule has 0 fully saturated rings. The number of ketones is 1. The molecule has 4 rings (SSSR count). The number of benzene rings is 2. The smallest absolute Gasteiger partial charge is 0.231 e. The molecule has 2 aliphatic rings. The van der Waals surface area contributed by atoms with E-state index in [4.69, 9.17) is 23.7 Å². The van der Waals surface area contributed by atoms with Gasteiger partial charge in [-0.05, 0) is 58.4 Å². The van der Waals surface area contributed by atoms with E-state index in [0.29, 0.717) is 23.9 Å². The maximum Gasteiger partial charge on any atom is 0.231 e. The molecule has 2 atom stereocenters. The predicted molar refractivity (Wildman–Crippen MR) is 112 cm³/mol. The Kier molecular flexibility index (Phi) is 5.04. The molecular formula is C24H28O6. The molecule has 0 amide bonds. The fourth-order valence-corrected chi connectivity index (χ4v) is 4.67. The van der Waals surface area contributed by atoms with Crippen LogP contribution in [0.3, 0.4) is 0 Å². The minimum absolute atomic E-state index is 0.0609. The van der Waals surface area contributed by atoms with Gasteiger partial charge in [-0.1, -0.05) is 0 Å². The Bertz CT molecular complexity index is 994. The summed E-state index contributed by atoms with van der Waals surface area (Å²) in [6, 6.07) is 7.80. The molecule has 0 radical (unpaired) electrons. The molecule has 2 aromatic rings. The lowest BCUT2D eigenvalue weighted by Gasteiger charge is -2.44. The fraction of sp³-hybridized carbons (Fsp3) is 0.458. The highest BCUT2D eigenvalue weighted by Crippen LogP contribution is 2.53. The molecule has 2 heterocycles. The van der Waals surface area contributed by atoms with Crippen LogP contribution in [-0.2, 0) is 4.79 Å². The molecule has 0 aromatic heterocycles. The lowest BCUT2D eigenvalue weighted by molar-refractivity contribution is -0.128. The van der Waals surface area contributed by atoms with Crippen LogP contribution in [0.25, 0.3) is 0 Å². The zero-order valence-corrected chi connectivity index (χ0v) is 18.3. The summed E-state index contributed by atoms with van der Waals surface area (Å²) < 4.78 is 29.0. The molecule has 160 valence electrons. The topological polar surface area (TPSA) is 63.2 Å². The standard InChI is InChI=1S/C24H28O6/c1-7-27-18-9-15(8-17(26-6)13(18)2)22-16-10-20-21(29-12-28-20)11-19(16)30-24(4,5)23(22)14(3)25/h8-11,22-23H,7,12H2,1-6H3. The van der Waals surface area contributed by atoms with E-state index in [1.807, 2.05) is 52.0 Å². The van der Waals surface area contributed by atoms with E-state index in [9.17, 15) is 4.79 Å². The number of ether oxygens (including phenoxy) is 5. The van der Waals surface area contributed by atoms with Gasteiger partial charge in [0.1, 0.15) is 28.6 Å². The van der Waals surface area contributed by atoms with Crippen LogP contribution in [0.15, 0.2) is 24.3 Å². The van der Waals surface area contributed by atoms with Gasteiger partial charge in [-0.25, -0.2) is 0 Å². The number of methoxy groups -OCH3 is 1. The number of rotatable bonds is 5. The van der Waals surface area contributed by atoms with Crippen molar-refractivity contribution in [2.45, 2.75) is 46.1 Å². The largest absolute Gasteiger partial charge is 0.496 e. The lowest BCUT2D eigenvalue weighted by Crippen LogP contribution is -2.48.